The van der Waals surface area contributed by atoms with Gasteiger partial charge >= 0.3 is 6.18 Å². The molecule has 1 heterocycles. The van der Waals surface area contributed by atoms with Gasteiger partial charge in [-0.15, -0.1) is 0 Å². The summed E-state index contributed by atoms with van der Waals surface area (Å²) in [6.45, 7) is 4.19. The lowest BCUT2D eigenvalue weighted by atomic mass is 9.76. The summed E-state index contributed by atoms with van der Waals surface area (Å²) in [5.41, 5.74) is 1.66. The Hall–Kier alpha value is -3.23. The maximum absolute atomic E-state index is 13.9. The Kier molecular flexibility index (Phi) is 9.33. The minimum atomic E-state index is -4.70. The molecule has 1 saturated heterocycles. The monoisotopic (exact) mass is 533 g/mol. The highest BCUT2D eigenvalue weighted by atomic mass is 19.4. The number of benzene rings is 2. The number of likely N-dealkylation sites (N-methyl/N-ethyl adjacent to an activating group) is 1. The molecule has 1 aliphatic rings. The topological polar surface area (TPSA) is 53.1 Å². The zero-order valence-electron chi connectivity index (χ0n) is 22.8. The molecule has 1 unspecified atom stereocenters. The van der Waals surface area contributed by atoms with Gasteiger partial charge in [-0.2, -0.15) is 13.2 Å². The number of anilines is 1. The molecule has 0 bridgehead atoms. The molecule has 6 nitrogen and oxygen atoms in total. The predicted molar refractivity (Wildman–Crippen MR) is 143 cm³/mol. The third-order valence-electron chi connectivity index (χ3n) is 7.51. The maximum atomic E-state index is 13.9. The molecule has 38 heavy (non-hydrogen) atoms. The van der Waals surface area contributed by atoms with Crippen molar-refractivity contribution in [1.29, 1.82) is 0 Å². The molecule has 1 fully saturated rings. The Bertz CT molecular complexity index is 1090. The van der Waals surface area contributed by atoms with E-state index < -0.39 is 18.0 Å². The lowest BCUT2D eigenvalue weighted by Crippen LogP contribution is -2.41. The molecule has 1 atom stereocenters. The van der Waals surface area contributed by atoms with Crippen LogP contribution in [0.2, 0.25) is 0 Å². The van der Waals surface area contributed by atoms with Crippen molar-refractivity contribution in [3.8, 4) is 5.75 Å². The van der Waals surface area contributed by atoms with E-state index in [4.69, 9.17) is 4.74 Å². The quantitative estimate of drug-likeness (QED) is 0.422. The fraction of sp³-hybridized carbons (Fsp3) is 0.517. The largest absolute Gasteiger partial charge is 0.497 e. The Morgan fingerprint density at radius 1 is 1.05 bits per heavy atom. The first-order chi connectivity index (χ1) is 17.8. The van der Waals surface area contributed by atoms with E-state index in [9.17, 15) is 22.8 Å². The van der Waals surface area contributed by atoms with Crippen molar-refractivity contribution in [2.75, 3.05) is 52.8 Å². The molecule has 0 N–H and O–H groups in total. The number of ether oxygens (including phenoxy) is 1. The summed E-state index contributed by atoms with van der Waals surface area (Å²) in [5.74, 6) is -2.93. The van der Waals surface area contributed by atoms with Crippen molar-refractivity contribution in [1.82, 2.24) is 9.80 Å². The summed E-state index contributed by atoms with van der Waals surface area (Å²) in [5, 5.41) is 0. The Morgan fingerprint density at radius 2 is 1.68 bits per heavy atom. The zero-order chi connectivity index (χ0) is 28.1. The van der Waals surface area contributed by atoms with E-state index in [-0.39, 0.29) is 29.2 Å². The van der Waals surface area contributed by atoms with Gasteiger partial charge in [0.15, 0.2) is 5.92 Å². The van der Waals surface area contributed by atoms with E-state index >= 15 is 0 Å². The molecular formula is C29H38F3N3O3. The predicted octanol–water partition coefficient (Wildman–Crippen LogP) is 5.59. The minimum absolute atomic E-state index is 0.0312. The second-order valence-electron chi connectivity index (χ2n) is 10.7. The number of carbonyl (C=O) groups excluding carboxylic acids is 2. The van der Waals surface area contributed by atoms with Crippen LogP contribution in [0.5, 0.6) is 5.75 Å². The van der Waals surface area contributed by atoms with Crippen molar-refractivity contribution in [2.45, 2.75) is 44.7 Å². The number of piperidine rings is 1. The smallest absolute Gasteiger partial charge is 0.404 e. The summed E-state index contributed by atoms with van der Waals surface area (Å²) in [6, 6.07) is 13.2. The number of rotatable bonds is 9. The van der Waals surface area contributed by atoms with Crippen LogP contribution in [0.25, 0.3) is 0 Å². The van der Waals surface area contributed by atoms with Gasteiger partial charge in [-0.25, -0.2) is 0 Å². The van der Waals surface area contributed by atoms with Crippen molar-refractivity contribution in [2.24, 2.45) is 5.41 Å². The summed E-state index contributed by atoms with van der Waals surface area (Å²) >= 11 is 0. The van der Waals surface area contributed by atoms with Crippen LogP contribution in [0.1, 0.15) is 54.4 Å². The summed E-state index contributed by atoms with van der Waals surface area (Å²) in [4.78, 5) is 30.1. The summed E-state index contributed by atoms with van der Waals surface area (Å²) in [6.07, 6.45) is -1.36. The molecule has 1 aliphatic heterocycles. The van der Waals surface area contributed by atoms with E-state index in [1.807, 2.05) is 24.3 Å². The molecule has 0 spiro atoms. The summed E-state index contributed by atoms with van der Waals surface area (Å²) in [7, 11) is 6.28. The Balaban J connectivity index is 1.53. The lowest BCUT2D eigenvalue weighted by molar-refractivity contribution is -0.171. The van der Waals surface area contributed by atoms with Gasteiger partial charge in [-0.3, -0.25) is 9.59 Å². The molecule has 2 aromatic carbocycles. The number of alkyl halides is 3. The van der Waals surface area contributed by atoms with Gasteiger partial charge < -0.3 is 19.4 Å². The van der Waals surface area contributed by atoms with Gasteiger partial charge in [-0.05, 0) is 73.1 Å². The number of amides is 2. The zero-order valence-corrected chi connectivity index (χ0v) is 22.8. The minimum Gasteiger partial charge on any atom is -0.497 e. The van der Waals surface area contributed by atoms with Crippen LogP contribution >= 0.6 is 0 Å². The van der Waals surface area contributed by atoms with Crippen LogP contribution in [0, 0.1) is 5.41 Å². The molecule has 0 aliphatic carbocycles. The highest BCUT2D eigenvalue weighted by molar-refractivity contribution is 5.94. The van der Waals surface area contributed by atoms with E-state index in [1.54, 1.807) is 25.1 Å². The van der Waals surface area contributed by atoms with Crippen LogP contribution in [0.4, 0.5) is 18.9 Å². The highest BCUT2D eigenvalue weighted by Crippen LogP contribution is 2.39. The van der Waals surface area contributed by atoms with Gasteiger partial charge in [-0.1, -0.05) is 19.1 Å². The number of methoxy groups -OCH3 is 1. The first-order valence-corrected chi connectivity index (χ1v) is 12.9. The van der Waals surface area contributed by atoms with Crippen molar-refractivity contribution in [3.63, 3.8) is 0 Å². The number of nitrogens with zero attached hydrogens (tertiary/aromatic N) is 3. The molecule has 208 valence electrons. The molecule has 3 rings (SSSR count). The molecular weight excluding hydrogens is 495 g/mol. The SMILES string of the molecule is COc1cccc(C(C(=O)N(C)CCCC2(C)CCN(c3ccc(C(=O)N(C)C)cc3)CC2)C(F)(F)F)c1. The van der Waals surface area contributed by atoms with Crippen LogP contribution < -0.4 is 9.64 Å². The van der Waals surface area contributed by atoms with Gasteiger partial charge in [0.25, 0.3) is 5.91 Å². The van der Waals surface area contributed by atoms with Crippen molar-refractivity contribution >= 4 is 17.5 Å². The van der Waals surface area contributed by atoms with Crippen LogP contribution in [-0.4, -0.2) is 75.7 Å². The standard InChI is InChI=1S/C29H38F3N3O3/c1-28(15-18-35(19-16-28)23-12-10-21(11-13-23)26(36)33(2)3)14-7-17-34(4)27(37)25(29(30,31)32)22-8-6-9-24(20-22)38-5/h6,8-13,20,25H,7,14-19H2,1-5H3. The Morgan fingerprint density at radius 3 is 2.24 bits per heavy atom. The van der Waals surface area contributed by atoms with E-state index in [2.05, 4.69) is 11.8 Å². The van der Waals surface area contributed by atoms with E-state index in [1.165, 1.54) is 37.3 Å². The fourth-order valence-corrected chi connectivity index (χ4v) is 4.99. The van der Waals surface area contributed by atoms with Gasteiger partial charge in [0.05, 0.1) is 7.11 Å². The molecule has 2 aromatic rings. The van der Waals surface area contributed by atoms with Crippen LogP contribution in [-0.2, 0) is 4.79 Å². The maximum Gasteiger partial charge on any atom is 0.404 e. The molecule has 0 saturated carbocycles. The van der Waals surface area contributed by atoms with E-state index in [0.717, 1.165) is 38.0 Å². The third kappa shape index (κ3) is 7.20. The lowest BCUT2D eigenvalue weighted by Gasteiger charge is -2.41. The first kappa shape index (κ1) is 29.3. The summed E-state index contributed by atoms with van der Waals surface area (Å²) < 4.78 is 46.7. The molecule has 2 amide bonds. The van der Waals surface area contributed by atoms with E-state index in [0.29, 0.717) is 12.0 Å². The molecule has 9 heteroatoms. The number of halogens is 3. The number of hydrogen-bond donors (Lipinski definition) is 0. The fourth-order valence-electron chi connectivity index (χ4n) is 4.99. The first-order valence-electron chi connectivity index (χ1n) is 12.9. The van der Waals surface area contributed by atoms with Gasteiger partial charge in [0.1, 0.15) is 5.75 Å². The third-order valence-corrected chi connectivity index (χ3v) is 7.51. The van der Waals surface area contributed by atoms with Crippen molar-refractivity contribution in [3.05, 3.63) is 59.7 Å². The van der Waals surface area contributed by atoms with Gasteiger partial charge in [0, 0.05) is 52.0 Å². The number of carbonyl (C=O) groups is 2. The number of hydrogen-bond acceptors (Lipinski definition) is 4. The van der Waals surface area contributed by atoms with Crippen LogP contribution in [0.3, 0.4) is 0 Å². The van der Waals surface area contributed by atoms with Crippen LogP contribution in [0.15, 0.2) is 48.5 Å². The second kappa shape index (κ2) is 12.1. The molecule has 0 radical (unpaired) electrons. The normalized spacial score (nSPS) is 16.1. The molecule has 0 aromatic heterocycles. The average molecular weight is 534 g/mol. The average Bonchev–Trinajstić information content (AvgIpc) is 2.88. The second-order valence-corrected chi connectivity index (χ2v) is 10.7. The highest BCUT2D eigenvalue weighted by Gasteiger charge is 2.47. The van der Waals surface area contributed by atoms with Gasteiger partial charge in [0.2, 0.25) is 5.91 Å². The van der Waals surface area contributed by atoms with Crippen molar-refractivity contribution < 1.29 is 27.5 Å². The Labute approximate surface area is 223 Å².